The van der Waals surface area contributed by atoms with Gasteiger partial charge in [-0.05, 0) is 23.8 Å². The first-order chi connectivity index (χ1) is 9.70. The molecule has 2 aromatic rings. The maximum atomic E-state index is 6.16. The van der Waals surface area contributed by atoms with Gasteiger partial charge in [0, 0.05) is 15.7 Å². The number of benzene rings is 2. The molecule has 0 atom stereocenters. The molecule has 0 heterocycles. The second-order valence-electron chi connectivity index (χ2n) is 4.08. The molecule has 0 aliphatic heterocycles. The number of amidine groups is 1. The monoisotopic (exact) mass is 324 g/mol. The Bertz CT molecular complexity index is 614. The fraction of sp³-hybridized carbons (Fsp3) is 0.133. The molecule has 2 nitrogen and oxygen atoms in total. The summed E-state index contributed by atoms with van der Waals surface area (Å²) < 4.78 is 0. The molecular weight excluding hydrogens is 311 g/mol. The van der Waals surface area contributed by atoms with E-state index in [4.69, 9.17) is 28.9 Å². The number of aliphatic imine (C=N–C) groups is 1. The van der Waals surface area contributed by atoms with Crippen LogP contribution >= 0.6 is 35.0 Å². The zero-order valence-corrected chi connectivity index (χ0v) is 13.1. The first-order valence-electron chi connectivity index (χ1n) is 6.05. The largest absolute Gasteiger partial charge is 0.386 e. The summed E-state index contributed by atoms with van der Waals surface area (Å²) >= 11 is 13.5. The van der Waals surface area contributed by atoms with Gasteiger partial charge in [0.15, 0.2) is 0 Å². The quantitative estimate of drug-likeness (QED) is 0.369. The van der Waals surface area contributed by atoms with Crippen LogP contribution in [0, 0.1) is 0 Å². The van der Waals surface area contributed by atoms with Crippen molar-refractivity contribution in [1.29, 1.82) is 0 Å². The lowest BCUT2D eigenvalue weighted by atomic mass is 10.2. The van der Waals surface area contributed by atoms with Crippen LogP contribution in [0.1, 0.15) is 5.56 Å². The maximum absolute atomic E-state index is 6.16. The van der Waals surface area contributed by atoms with Gasteiger partial charge in [-0.15, -0.1) is 23.4 Å². The highest BCUT2D eigenvalue weighted by molar-refractivity contribution is 7.98. The van der Waals surface area contributed by atoms with Crippen LogP contribution in [-0.2, 0) is 5.75 Å². The van der Waals surface area contributed by atoms with Crippen LogP contribution in [0.5, 0.6) is 0 Å². The van der Waals surface area contributed by atoms with Crippen molar-refractivity contribution in [3.63, 3.8) is 0 Å². The minimum atomic E-state index is 0.226. The number of alkyl halides is 1. The van der Waals surface area contributed by atoms with Crippen molar-refractivity contribution in [2.45, 2.75) is 10.6 Å². The molecule has 0 saturated carbocycles. The summed E-state index contributed by atoms with van der Waals surface area (Å²) in [5.41, 5.74) is 7.63. The molecule has 0 aliphatic rings. The summed E-state index contributed by atoms with van der Waals surface area (Å²) in [5.74, 6) is 1.42. The molecule has 5 heteroatoms. The van der Waals surface area contributed by atoms with Gasteiger partial charge in [0.25, 0.3) is 0 Å². The van der Waals surface area contributed by atoms with Gasteiger partial charge in [0.1, 0.15) is 5.84 Å². The van der Waals surface area contributed by atoms with Crippen molar-refractivity contribution < 1.29 is 0 Å². The number of hydrogen-bond acceptors (Lipinski definition) is 2. The minimum absolute atomic E-state index is 0.226. The van der Waals surface area contributed by atoms with Crippen LogP contribution in [0.15, 0.2) is 58.4 Å². The van der Waals surface area contributed by atoms with Gasteiger partial charge < -0.3 is 5.73 Å². The van der Waals surface area contributed by atoms with Crippen LogP contribution in [0.25, 0.3) is 0 Å². The van der Waals surface area contributed by atoms with Crippen LogP contribution < -0.4 is 5.73 Å². The molecule has 0 radical (unpaired) electrons. The van der Waals surface area contributed by atoms with Gasteiger partial charge >= 0.3 is 0 Å². The third kappa shape index (κ3) is 4.17. The zero-order chi connectivity index (χ0) is 14.4. The van der Waals surface area contributed by atoms with Gasteiger partial charge in [0.2, 0.25) is 0 Å². The van der Waals surface area contributed by atoms with E-state index in [9.17, 15) is 0 Å². The second-order valence-corrected chi connectivity index (χ2v) is 5.78. The average Bonchev–Trinajstić information content (AvgIpc) is 2.47. The van der Waals surface area contributed by atoms with Gasteiger partial charge in [-0.3, -0.25) is 0 Å². The predicted molar refractivity (Wildman–Crippen MR) is 89.5 cm³/mol. The van der Waals surface area contributed by atoms with Crippen molar-refractivity contribution in [3.8, 4) is 0 Å². The zero-order valence-electron chi connectivity index (χ0n) is 10.7. The van der Waals surface area contributed by atoms with Gasteiger partial charge in [-0.25, -0.2) is 4.99 Å². The molecule has 0 unspecified atom stereocenters. The second kappa shape index (κ2) is 7.58. The average molecular weight is 325 g/mol. The lowest BCUT2D eigenvalue weighted by molar-refractivity contribution is 1.33. The number of nitrogens with two attached hydrogens (primary N) is 1. The standard InChI is InChI=1S/C15H14Cl2N2S/c16-9-15(18)19-13-7-3-4-8-14(13)20-10-11-5-1-2-6-12(11)17/h1-8H,9-10H2,(H2,18,19). The third-order valence-electron chi connectivity index (χ3n) is 2.61. The molecule has 0 fully saturated rings. The van der Waals surface area contributed by atoms with Crippen molar-refractivity contribution in [2.24, 2.45) is 10.7 Å². The molecule has 0 spiro atoms. The van der Waals surface area contributed by atoms with E-state index in [0.29, 0.717) is 5.84 Å². The summed E-state index contributed by atoms with van der Waals surface area (Å²) in [5, 5.41) is 0.779. The number of thioether (sulfide) groups is 1. The van der Waals surface area contributed by atoms with E-state index in [-0.39, 0.29) is 5.88 Å². The summed E-state index contributed by atoms with van der Waals surface area (Å²) in [7, 11) is 0. The Labute approximate surface area is 133 Å². The number of rotatable bonds is 5. The normalized spacial score (nSPS) is 11.6. The Balaban J connectivity index is 2.16. The molecule has 20 heavy (non-hydrogen) atoms. The van der Waals surface area contributed by atoms with E-state index < -0.39 is 0 Å². The van der Waals surface area contributed by atoms with E-state index in [0.717, 1.165) is 26.9 Å². The summed E-state index contributed by atoms with van der Waals surface area (Å²) in [6, 6.07) is 15.7. The molecule has 2 N–H and O–H groups in total. The Morgan fingerprint density at radius 2 is 1.80 bits per heavy atom. The Kier molecular flexibility index (Phi) is 5.77. The van der Waals surface area contributed by atoms with E-state index in [1.165, 1.54) is 0 Å². The lowest BCUT2D eigenvalue weighted by Crippen LogP contribution is -2.12. The molecule has 0 aromatic heterocycles. The van der Waals surface area contributed by atoms with Crippen molar-refractivity contribution in [3.05, 3.63) is 59.1 Å². The number of hydrogen-bond donors (Lipinski definition) is 1. The smallest absolute Gasteiger partial charge is 0.115 e. The number of para-hydroxylation sites is 1. The number of halogens is 2. The van der Waals surface area contributed by atoms with Gasteiger partial charge in [-0.2, -0.15) is 0 Å². The highest BCUT2D eigenvalue weighted by Crippen LogP contribution is 2.33. The Hall–Kier alpha value is -1.16. The molecule has 0 bridgehead atoms. The van der Waals surface area contributed by atoms with Crippen molar-refractivity contribution in [2.75, 3.05) is 5.88 Å². The lowest BCUT2D eigenvalue weighted by Gasteiger charge is -2.07. The molecule has 104 valence electrons. The predicted octanol–water partition coefficient (Wildman–Crippen LogP) is 4.86. The fourth-order valence-electron chi connectivity index (χ4n) is 1.63. The number of nitrogens with zero attached hydrogens (tertiary/aromatic N) is 1. The van der Waals surface area contributed by atoms with E-state index >= 15 is 0 Å². The van der Waals surface area contributed by atoms with Crippen LogP contribution in [0.2, 0.25) is 5.02 Å². The fourth-order valence-corrected chi connectivity index (χ4v) is 2.97. The Morgan fingerprint density at radius 1 is 1.10 bits per heavy atom. The van der Waals surface area contributed by atoms with Gasteiger partial charge in [-0.1, -0.05) is 41.9 Å². The van der Waals surface area contributed by atoms with Crippen molar-refractivity contribution >= 4 is 46.5 Å². The molecule has 0 aliphatic carbocycles. The van der Waals surface area contributed by atoms with Crippen LogP contribution in [0.4, 0.5) is 5.69 Å². The minimum Gasteiger partial charge on any atom is -0.386 e. The highest BCUT2D eigenvalue weighted by Gasteiger charge is 2.05. The molecule has 0 saturated heterocycles. The summed E-state index contributed by atoms with van der Waals surface area (Å²) in [4.78, 5) is 5.38. The topological polar surface area (TPSA) is 38.4 Å². The summed E-state index contributed by atoms with van der Waals surface area (Å²) in [6.07, 6.45) is 0. The molecule has 2 aromatic carbocycles. The van der Waals surface area contributed by atoms with E-state index in [2.05, 4.69) is 4.99 Å². The molecule has 2 rings (SSSR count). The van der Waals surface area contributed by atoms with Crippen LogP contribution in [0.3, 0.4) is 0 Å². The summed E-state index contributed by atoms with van der Waals surface area (Å²) in [6.45, 7) is 0. The first kappa shape index (κ1) is 15.2. The van der Waals surface area contributed by atoms with Crippen LogP contribution in [-0.4, -0.2) is 11.7 Å². The van der Waals surface area contributed by atoms with E-state index in [1.807, 2.05) is 48.5 Å². The van der Waals surface area contributed by atoms with E-state index in [1.54, 1.807) is 11.8 Å². The SMILES string of the molecule is NC(CCl)=Nc1ccccc1SCc1ccccc1Cl. The van der Waals surface area contributed by atoms with Gasteiger partial charge in [0.05, 0.1) is 11.6 Å². The van der Waals surface area contributed by atoms with Crippen molar-refractivity contribution in [1.82, 2.24) is 0 Å². The first-order valence-corrected chi connectivity index (χ1v) is 7.94. The molecular formula is C15H14Cl2N2S. The maximum Gasteiger partial charge on any atom is 0.115 e. The Morgan fingerprint density at radius 3 is 2.55 bits per heavy atom. The highest BCUT2D eigenvalue weighted by atomic mass is 35.5. The molecule has 0 amide bonds. The third-order valence-corrected chi connectivity index (χ3v) is 4.36.